The molecule has 5 nitrogen and oxygen atoms in total. The molecule has 5 heteroatoms. The van der Waals surface area contributed by atoms with Gasteiger partial charge in [0.25, 0.3) is 0 Å². The molecule has 2 fully saturated rings. The van der Waals surface area contributed by atoms with E-state index in [0.717, 1.165) is 50.5 Å². The first-order valence-corrected chi connectivity index (χ1v) is 8.94. The van der Waals surface area contributed by atoms with Crippen molar-refractivity contribution < 1.29 is 4.79 Å². The predicted molar refractivity (Wildman–Crippen MR) is 90.9 cm³/mol. The van der Waals surface area contributed by atoms with Crippen LogP contribution in [0.4, 0.5) is 0 Å². The lowest BCUT2D eigenvalue weighted by Gasteiger charge is -2.31. The van der Waals surface area contributed by atoms with Gasteiger partial charge >= 0.3 is 0 Å². The molecule has 1 saturated heterocycles. The number of nitrogens with zero attached hydrogens (tertiary/aromatic N) is 2. The molecule has 1 saturated carbocycles. The Hall–Kier alpha value is -1.46. The Morgan fingerprint density at radius 3 is 2.96 bits per heavy atom. The maximum absolute atomic E-state index is 12.8. The number of carbonyl (C=O) groups excluding carboxylic acids is 1. The van der Waals surface area contributed by atoms with Crippen LogP contribution in [0.1, 0.15) is 37.8 Å². The van der Waals surface area contributed by atoms with Gasteiger partial charge in [0.1, 0.15) is 0 Å². The van der Waals surface area contributed by atoms with Gasteiger partial charge in [0.05, 0.1) is 18.8 Å². The van der Waals surface area contributed by atoms with Gasteiger partial charge in [-0.2, -0.15) is 0 Å². The maximum atomic E-state index is 12.8. The second kappa shape index (κ2) is 8.41. The molecular formula is C18H28N4O. The van der Waals surface area contributed by atoms with Crippen LogP contribution in [0, 0.1) is 5.92 Å². The standard InChI is InChI=1S/C18H28N4O/c23-18(13-20-12-15-6-7-15)22(14-16-4-1-2-10-21-16)17-5-3-9-19-11-8-17/h1-2,4,10,15,17,19-20H,3,5-9,11-14H2/t17-/m0/s1. The fraction of sp³-hybridized carbons (Fsp3) is 0.667. The van der Waals surface area contributed by atoms with Crippen molar-refractivity contribution in [2.75, 3.05) is 26.2 Å². The lowest BCUT2D eigenvalue weighted by Crippen LogP contribution is -2.45. The molecule has 0 unspecified atom stereocenters. The van der Waals surface area contributed by atoms with Crippen molar-refractivity contribution in [2.45, 2.75) is 44.7 Å². The van der Waals surface area contributed by atoms with Crippen LogP contribution in [0.15, 0.2) is 24.4 Å². The Labute approximate surface area is 138 Å². The molecule has 0 spiro atoms. The Morgan fingerprint density at radius 2 is 2.17 bits per heavy atom. The van der Waals surface area contributed by atoms with E-state index in [4.69, 9.17) is 0 Å². The van der Waals surface area contributed by atoms with Gasteiger partial charge in [0, 0.05) is 12.2 Å². The molecular weight excluding hydrogens is 288 g/mol. The van der Waals surface area contributed by atoms with E-state index in [1.54, 1.807) is 6.20 Å². The average molecular weight is 316 g/mol. The van der Waals surface area contributed by atoms with Crippen molar-refractivity contribution in [3.05, 3.63) is 30.1 Å². The fourth-order valence-corrected chi connectivity index (χ4v) is 3.21. The highest BCUT2D eigenvalue weighted by Crippen LogP contribution is 2.27. The van der Waals surface area contributed by atoms with Crippen molar-refractivity contribution >= 4 is 5.91 Å². The van der Waals surface area contributed by atoms with Crippen molar-refractivity contribution in [1.82, 2.24) is 20.5 Å². The quantitative estimate of drug-likeness (QED) is 0.801. The summed E-state index contributed by atoms with van der Waals surface area (Å²) < 4.78 is 0. The van der Waals surface area contributed by atoms with Gasteiger partial charge in [-0.05, 0) is 69.8 Å². The van der Waals surface area contributed by atoms with Gasteiger partial charge in [-0.25, -0.2) is 0 Å². The van der Waals surface area contributed by atoms with E-state index in [2.05, 4.69) is 20.5 Å². The van der Waals surface area contributed by atoms with E-state index in [1.165, 1.54) is 12.8 Å². The second-order valence-corrected chi connectivity index (χ2v) is 6.75. The number of rotatable bonds is 7. The Balaban J connectivity index is 1.62. The monoisotopic (exact) mass is 316 g/mol. The van der Waals surface area contributed by atoms with Crippen LogP contribution in [0.2, 0.25) is 0 Å². The van der Waals surface area contributed by atoms with Crippen molar-refractivity contribution in [1.29, 1.82) is 0 Å². The summed E-state index contributed by atoms with van der Waals surface area (Å²) in [7, 11) is 0. The highest BCUT2D eigenvalue weighted by molar-refractivity contribution is 5.78. The zero-order valence-corrected chi connectivity index (χ0v) is 13.8. The van der Waals surface area contributed by atoms with E-state index in [1.807, 2.05) is 18.2 Å². The molecule has 1 atom stereocenters. The molecule has 2 heterocycles. The third-order valence-electron chi connectivity index (χ3n) is 4.77. The van der Waals surface area contributed by atoms with E-state index in [0.29, 0.717) is 19.1 Å². The molecule has 23 heavy (non-hydrogen) atoms. The number of aromatic nitrogens is 1. The molecule has 3 rings (SSSR count). The molecule has 1 amide bonds. The summed E-state index contributed by atoms with van der Waals surface area (Å²) in [5.41, 5.74) is 0.972. The molecule has 1 aliphatic heterocycles. The number of hydrogen-bond donors (Lipinski definition) is 2. The molecule has 2 aliphatic rings. The number of hydrogen-bond acceptors (Lipinski definition) is 4. The normalized spacial score (nSPS) is 21.7. The van der Waals surface area contributed by atoms with Gasteiger partial charge in [0.2, 0.25) is 5.91 Å². The van der Waals surface area contributed by atoms with Gasteiger partial charge in [-0.3, -0.25) is 9.78 Å². The highest BCUT2D eigenvalue weighted by Gasteiger charge is 2.26. The summed E-state index contributed by atoms with van der Waals surface area (Å²) in [6.45, 7) is 4.10. The number of amides is 1. The first kappa shape index (κ1) is 16.4. The van der Waals surface area contributed by atoms with Crippen LogP contribution in [-0.4, -0.2) is 48.0 Å². The van der Waals surface area contributed by atoms with Gasteiger partial charge in [-0.15, -0.1) is 0 Å². The van der Waals surface area contributed by atoms with E-state index in [9.17, 15) is 4.79 Å². The summed E-state index contributed by atoms with van der Waals surface area (Å²) >= 11 is 0. The van der Waals surface area contributed by atoms with E-state index in [-0.39, 0.29) is 5.91 Å². The summed E-state index contributed by atoms with van der Waals surface area (Å²) in [5.74, 6) is 1.01. The Morgan fingerprint density at radius 1 is 1.26 bits per heavy atom. The van der Waals surface area contributed by atoms with Gasteiger partial charge in [-0.1, -0.05) is 6.07 Å². The third-order valence-corrected chi connectivity index (χ3v) is 4.77. The van der Waals surface area contributed by atoms with Crippen LogP contribution in [0.25, 0.3) is 0 Å². The number of nitrogens with one attached hydrogen (secondary N) is 2. The first-order valence-electron chi connectivity index (χ1n) is 8.94. The van der Waals surface area contributed by atoms with E-state index < -0.39 is 0 Å². The lowest BCUT2D eigenvalue weighted by molar-refractivity contribution is -0.133. The van der Waals surface area contributed by atoms with Gasteiger partial charge in [0.15, 0.2) is 0 Å². The highest BCUT2D eigenvalue weighted by atomic mass is 16.2. The summed E-state index contributed by atoms with van der Waals surface area (Å²) in [6, 6.07) is 6.24. The second-order valence-electron chi connectivity index (χ2n) is 6.75. The van der Waals surface area contributed by atoms with Crippen LogP contribution in [0.5, 0.6) is 0 Å². The van der Waals surface area contributed by atoms with Crippen molar-refractivity contribution in [3.8, 4) is 0 Å². The van der Waals surface area contributed by atoms with Crippen LogP contribution < -0.4 is 10.6 Å². The van der Waals surface area contributed by atoms with Crippen LogP contribution >= 0.6 is 0 Å². The smallest absolute Gasteiger partial charge is 0.237 e. The molecule has 1 aromatic rings. The Bertz CT molecular complexity index is 481. The zero-order valence-electron chi connectivity index (χ0n) is 13.8. The minimum absolute atomic E-state index is 0.211. The summed E-state index contributed by atoms with van der Waals surface area (Å²) in [5, 5.41) is 6.77. The summed E-state index contributed by atoms with van der Waals surface area (Å²) in [6.07, 6.45) is 7.67. The Kier molecular flexibility index (Phi) is 6.00. The number of pyridine rings is 1. The predicted octanol–water partition coefficient (Wildman–Crippen LogP) is 1.55. The molecule has 1 aliphatic carbocycles. The molecule has 0 radical (unpaired) electrons. The molecule has 0 aromatic carbocycles. The van der Waals surface area contributed by atoms with Crippen molar-refractivity contribution in [3.63, 3.8) is 0 Å². The first-order chi connectivity index (χ1) is 11.3. The zero-order chi connectivity index (χ0) is 15.9. The third kappa shape index (κ3) is 5.29. The largest absolute Gasteiger partial charge is 0.333 e. The van der Waals surface area contributed by atoms with Crippen LogP contribution in [-0.2, 0) is 11.3 Å². The minimum atomic E-state index is 0.211. The lowest BCUT2D eigenvalue weighted by atomic mass is 10.1. The number of carbonyl (C=O) groups is 1. The fourth-order valence-electron chi connectivity index (χ4n) is 3.21. The molecule has 2 N–H and O–H groups in total. The average Bonchev–Trinajstić information content (AvgIpc) is 3.40. The summed E-state index contributed by atoms with van der Waals surface area (Å²) in [4.78, 5) is 19.2. The van der Waals surface area contributed by atoms with Crippen molar-refractivity contribution in [2.24, 2.45) is 5.92 Å². The molecule has 0 bridgehead atoms. The van der Waals surface area contributed by atoms with Crippen LogP contribution in [0.3, 0.4) is 0 Å². The SMILES string of the molecule is O=C(CNCC1CC1)N(Cc1ccccn1)[C@H]1CCCNCC1. The molecule has 1 aromatic heterocycles. The minimum Gasteiger partial charge on any atom is -0.333 e. The maximum Gasteiger partial charge on any atom is 0.237 e. The van der Waals surface area contributed by atoms with E-state index >= 15 is 0 Å². The topological polar surface area (TPSA) is 57.3 Å². The molecule has 126 valence electrons. The van der Waals surface area contributed by atoms with Gasteiger partial charge < -0.3 is 15.5 Å².